The van der Waals surface area contributed by atoms with Crippen LogP contribution in [0.4, 0.5) is 5.82 Å². The Morgan fingerprint density at radius 1 is 1.16 bits per heavy atom. The molecule has 0 aromatic carbocycles. The zero-order valence-electron chi connectivity index (χ0n) is 16.1. The molecule has 142 valence electrons. The van der Waals surface area contributed by atoms with Crippen LogP contribution in [0, 0.1) is 5.92 Å². The van der Waals surface area contributed by atoms with Crippen molar-refractivity contribution in [3.8, 4) is 0 Å². The summed E-state index contributed by atoms with van der Waals surface area (Å²) in [4.78, 5) is 8.84. The third-order valence-electron chi connectivity index (χ3n) is 3.55. The van der Waals surface area contributed by atoms with E-state index in [1.165, 1.54) is 0 Å². The number of hydrogen-bond donors (Lipinski definition) is 3. The van der Waals surface area contributed by atoms with E-state index in [0.717, 1.165) is 63.8 Å². The van der Waals surface area contributed by atoms with Crippen LogP contribution in [0.3, 0.4) is 0 Å². The van der Waals surface area contributed by atoms with E-state index in [1.54, 1.807) is 6.20 Å². The molecule has 0 aliphatic rings. The molecule has 1 heterocycles. The summed E-state index contributed by atoms with van der Waals surface area (Å²) in [7, 11) is 0. The summed E-state index contributed by atoms with van der Waals surface area (Å²) in [6.07, 6.45) is 5.02. The van der Waals surface area contributed by atoms with Crippen LogP contribution in [0.5, 0.6) is 0 Å². The summed E-state index contributed by atoms with van der Waals surface area (Å²) in [5, 5.41) is 9.89. The van der Waals surface area contributed by atoms with Gasteiger partial charge >= 0.3 is 0 Å². The normalized spacial score (nSPS) is 11.6. The quantitative estimate of drug-likeness (QED) is 0.290. The van der Waals surface area contributed by atoms with Crippen LogP contribution >= 0.6 is 0 Å². The van der Waals surface area contributed by atoms with Crippen molar-refractivity contribution in [2.24, 2.45) is 10.9 Å². The molecule has 0 atom stereocenters. The molecule has 0 radical (unpaired) electrons. The van der Waals surface area contributed by atoms with Crippen molar-refractivity contribution in [1.29, 1.82) is 0 Å². The molecule has 0 unspecified atom stereocenters. The number of ether oxygens (including phenoxy) is 1. The van der Waals surface area contributed by atoms with Gasteiger partial charge in [0.1, 0.15) is 5.82 Å². The van der Waals surface area contributed by atoms with E-state index in [0.29, 0.717) is 12.5 Å². The molecule has 0 amide bonds. The summed E-state index contributed by atoms with van der Waals surface area (Å²) in [6, 6.07) is 5.89. The summed E-state index contributed by atoms with van der Waals surface area (Å²) >= 11 is 0. The molecule has 0 aliphatic carbocycles. The van der Waals surface area contributed by atoms with Crippen LogP contribution in [-0.2, 0) is 4.74 Å². The third-order valence-corrected chi connectivity index (χ3v) is 3.55. The number of aromatic nitrogens is 1. The van der Waals surface area contributed by atoms with Crippen LogP contribution in [0.15, 0.2) is 29.4 Å². The molecular weight excluding hydrogens is 314 g/mol. The number of rotatable bonds is 13. The van der Waals surface area contributed by atoms with Crippen molar-refractivity contribution in [2.45, 2.75) is 40.0 Å². The number of unbranched alkanes of at least 4 members (excludes halogenated alkanes) is 1. The van der Waals surface area contributed by atoms with Gasteiger partial charge in [0.15, 0.2) is 5.96 Å². The Balaban J connectivity index is 2.09. The second kappa shape index (κ2) is 14.5. The summed E-state index contributed by atoms with van der Waals surface area (Å²) < 4.78 is 5.61. The Kier molecular flexibility index (Phi) is 12.3. The van der Waals surface area contributed by atoms with Crippen LogP contribution < -0.4 is 16.0 Å². The van der Waals surface area contributed by atoms with Gasteiger partial charge in [-0.05, 0) is 44.2 Å². The number of pyridine rings is 1. The maximum atomic E-state index is 5.61. The molecule has 0 saturated heterocycles. The summed E-state index contributed by atoms with van der Waals surface area (Å²) in [6.45, 7) is 11.4. The largest absolute Gasteiger partial charge is 0.380 e. The topological polar surface area (TPSA) is 70.6 Å². The van der Waals surface area contributed by atoms with Gasteiger partial charge in [-0.3, -0.25) is 4.99 Å². The number of nitrogens with one attached hydrogen (secondary N) is 3. The van der Waals surface area contributed by atoms with Crippen LogP contribution in [0.25, 0.3) is 0 Å². The van der Waals surface area contributed by atoms with Gasteiger partial charge in [0, 0.05) is 39.0 Å². The van der Waals surface area contributed by atoms with Gasteiger partial charge < -0.3 is 20.7 Å². The summed E-state index contributed by atoms with van der Waals surface area (Å²) in [5.41, 5.74) is 0. The first kappa shape index (κ1) is 21.2. The van der Waals surface area contributed by atoms with Crippen molar-refractivity contribution < 1.29 is 4.74 Å². The van der Waals surface area contributed by atoms with Crippen LogP contribution in [0.1, 0.15) is 40.0 Å². The van der Waals surface area contributed by atoms with E-state index in [1.807, 2.05) is 18.2 Å². The molecular formula is C19H35N5O. The fourth-order valence-corrected chi connectivity index (χ4v) is 2.12. The molecule has 3 N–H and O–H groups in total. The highest BCUT2D eigenvalue weighted by Crippen LogP contribution is 2.00. The van der Waals surface area contributed by atoms with E-state index in [2.05, 4.69) is 46.7 Å². The minimum atomic E-state index is 0.694. The average Bonchev–Trinajstić information content (AvgIpc) is 2.61. The third kappa shape index (κ3) is 12.2. The minimum absolute atomic E-state index is 0.694. The molecule has 1 rings (SSSR count). The Labute approximate surface area is 152 Å². The van der Waals surface area contributed by atoms with E-state index >= 15 is 0 Å². The summed E-state index contributed by atoms with van der Waals surface area (Å²) in [5.74, 6) is 2.49. The van der Waals surface area contributed by atoms with E-state index in [-0.39, 0.29) is 0 Å². The number of anilines is 1. The standard InChI is InChI=1S/C19H35N5O/c1-4-20-19(24-14-16-25-15-10-17(2)3)23-13-8-7-12-22-18-9-5-6-11-21-18/h5-6,9,11,17H,4,7-8,10,12-16H2,1-3H3,(H,21,22)(H2,20,23,24). The van der Waals surface area contributed by atoms with Gasteiger partial charge in [-0.2, -0.15) is 0 Å². The van der Waals surface area contributed by atoms with Crippen LogP contribution in [0.2, 0.25) is 0 Å². The van der Waals surface area contributed by atoms with Crippen molar-refractivity contribution in [3.05, 3.63) is 24.4 Å². The monoisotopic (exact) mass is 349 g/mol. The van der Waals surface area contributed by atoms with Crippen molar-refractivity contribution in [3.63, 3.8) is 0 Å². The maximum Gasteiger partial charge on any atom is 0.191 e. The molecule has 0 aliphatic heterocycles. The second-order valence-electron chi connectivity index (χ2n) is 6.33. The Bertz CT molecular complexity index is 450. The first-order chi connectivity index (χ1) is 12.2. The van der Waals surface area contributed by atoms with E-state index in [4.69, 9.17) is 4.74 Å². The lowest BCUT2D eigenvalue weighted by molar-refractivity contribution is 0.128. The highest BCUT2D eigenvalue weighted by molar-refractivity contribution is 5.79. The van der Waals surface area contributed by atoms with Gasteiger partial charge in [0.25, 0.3) is 0 Å². The number of aliphatic imine (C=N–C) groups is 1. The smallest absolute Gasteiger partial charge is 0.191 e. The maximum absolute atomic E-state index is 5.61. The molecule has 25 heavy (non-hydrogen) atoms. The molecule has 0 fully saturated rings. The lowest BCUT2D eigenvalue weighted by atomic mass is 10.1. The SMILES string of the molecule is CCNC(=NCCCCNc1ccccn1)NCCOCCC(C)C. The minimum Gasteiger partial charge on any atom is -0.380 e. The Morgan fingerprint density at radius 2 is 2.04 bits per heavy atom. The van der Waals surface area contributed by atoms with Gasteiger partial charge in [-0.25, -0.2) is 4.98 Å². The van der Waals surface area contributed by atoms with Gasteiger partial charge in [-0.1, -0.05) is 19.9 Å². The predicted octanol–water partition coefficient (Wildman–Crippen LogP) is 2.89. The fraction of sp³-hybridized carbons (Fsp3) is 0.684. The fourth-order valence-electron chi connectivity index (χ4n) is 2.12. The van der Waals surface area contributed by atoms with E-state index < -0.39 is 0 Å². The number of guanidine groups is 1. The lowest BCUT2D eigenvalue weighted by Gasteiger charge is -2.12. The van der Waals surface area contributed by atoms with Crippen molar-refractivity contribution in [2.75, 3.05) is 44.7 Å². The Morgan fingerprint density at radius 3 is 2.76 bits per heavy atom. The van der Waals surface area contributed by atoms with E-state index in [9.17, 15) is 0 Å². The molecule has 6 nitrogen and oxygen atoms in total. The van der Waals surface area contributed by atoms with Gasteiger partial charge in [0.05, 0.1) is 6.61 Å². The molecule has 0 spiro atoms. The predicted molar refractivity (Wildman–Crippen MR) is 106 cm³/mol. The average molecular weight is 350 g/mol. The van der Waals surface area contributed by atoms with Gasteiger partial charge in [0.2, 0.25) is 0 Å². The molecule has 0 saturated carbocycles. The Hall–Kier alpha value is -1.82. The zero-order chi connectivity index (χ0) is 18.2. The molecule has 6 heteroatoms. The first-order valence-electron chi connectivity index (χ1n) is 9.47. The van der Waals surface area contributed by atoms with Gasteiger partial charge in [-0.15, -0.1) is 0 Å². The second-order valence-corrected chi connectivity index (χ2v) is 6.33. The number of hydrogen-bond acceptors (Lipinski definition) is 4. The zero-order valence-corrected chi connectivity index (χ0v) is 16.1. The first-order valence-corrected chi connectivity index (χ1v) is 9.47. The highest BCUT2D eigenvalue weighted by atomic mass is 16.5. The van der Waals surface area contributed by atoms with Crippen molar-refractivity contribution >= 4 is 11.8 Å². The molecule has 0 bridgehead atoms. The van der Waals surface area contributed by atoms with Crippen LogP contribution in [-0.4, -0.2) is 50.3 Å². The highest BCUT2D eigenvalue weighted by Gasteiger charge is 1.98. The van der Waals surface area contributed by atoms with Crippen molar-refractivity contribution in [1.82, 2.24) is 15.6 Å². The molecule has 1 aromatic rings. The molecule has 1 aromatic heterocycles. The lowest BCUT2D eigenvalue weighted by Crippen LogP contribution is -2.39. The number of nitrogens with zero attached hydrogens (tertiary/aromatic N) is 2.